The van der Waals surface area contributed by atoms with E-state index >= 15 is 0 Å². The van der Waals surface area contributed by atoms with E-state index in [0.29, 0.717) is 11.5 Å². The van der Waals surface area contributed by atoms with Crippen LogP contribution in [-0.4, -0.2) is 30.7 Å². The number of aromatic nitrogens is 1. The molecule has 0 aromatic carbocycles. The molecule has 2 rings (SSSR count). The van der Waals surface area contributed by atoms with Crippen LogP contribution in [0.2, 0.25) is 0 Å². The van der Waals surface area contributed by atoms with Gasteiger partial charge in [0.05, 0.1) is 11.9 Å². The van der Waals surface area contributed by atoms with Crippen LogP contribution in [0.3, 0.4) is 0 Å². The van der Waals surface area contributed by atoms with E-state index in [1.165, 1.54) is 5.69 Å². The van der Waals surface area contributed by atoms with Crippen LogP contribution in [0, 0.1) is 5.41 Å². The molecule has 1 N–H and O–H groups in total. The summed E-state index contributed by atoms with van der Waals surface area (Å²) in [7, 11) is 0. The Balaban J connectivity index is 2.08. The molecule has 3 nitrogen and oxygen atoms in total. The summed E-state index contributed by atoms with van der Waals surface area (Å²) in [4.78, 5) is 6.60. The number of rotatable bonds is 1. The Morgan fingerprint density at radius 3 is 2.88 bits per heavy atom. The van der Waals surface area contributed by atoms with Crippen molar-refractivity contribution < 1.29 is 0 Å². The standard InChI is InChI=1S/C13H21N3/c1-13(2,3)12-10-16(8-7-15-12)11-5-4-6-14-9-11/h4-6,9,12,15H,7-8,10H2,1-3H3. The zero-order valence-corrected chi connectivity index (χ0v) is 10.4. The van der Waals surface area contributed by atoms with Crippen molar-refractivity contribution in [1.29, 1.82) is 0 Å². The van der Waals surface area contributed by atoms with Gasteiger partial charge >= 0.3 is 0 Å². The number of anilines is 1. The molecule has 3 heteroatoms. The molecule has 0 bridgehead atoms. The molecule has 1 atom stereocenters. The van der Waals surface area contributed by atoms with Gasteiger partial charge in [0, 0.05) is 31.9 Å². The van der Waals surface area contributed by atoms with Crippen LogP contribution in [-0.2, 0) is 0 Å². The van der Waals surface area contributed by atoms with Crippen LogP contribution < -0.4 is 10.2 Å². The summed E-state index contributed by atoms with van der Waals surface area (Å²) in [6.07, 6.45) is 3.78. The van der Waals surface area contributed by atoms with Gasteiger partial charge in [-0.15, -0.1) is 0 Å². The van der Waals surface area contributed by atoms with Crippen molar-refractivity contribution in [3.63, 3.8) is 0 Å². The van der Waals surface area contributed by atoms with Crippen molar-refractivity contribution in [2.45, 2.75) is 26.8 Å². The van der Waals surface area contributed by atoms with E-state index in [2.05, 4.69) is 42.0 Å². The summed E-state index contributed by atoms with van der Waals surface area (Å²) in [6.45, 7) is 10.1. The van der Waals surface area contributed by atoms with E-state index in [4.69, 9.17) is 0 Å². The van der Waals surface area contributed by atoms with Gasteiger partial charge in [-0.1, -0.05) is 20.8 Å². The Kier molecular flexibility index (Phi) is 3.15. The SMILES string of the molecule is CC(C)(C)C1CN(c2cccnc2)CCN1. The Morgan fingerprint density at radius 1 is 1.44 bits per heavy atom. The van der Waals surface area contributed by atoms with Crippen molar-refractivity contribution in [1.82, 2.24) is 10.3 Å². The monoisotopic (exact) mass is 219 g/mol. The molecule has 1 aromatic rings. The fraction of sp³-hybridized carbons (Fsp3) is 0.615. The lowest BCUT2D eigenvalue weighted by atomic mass is 9.85. The quantitative estimate of drug-likeness (QED) is 0.782. The van der Waals surface area contributed by atoms with Crippen molar-refractivity contribution in [3.8, 4) is 0 Å². The maximum Gasteiger partial charge on any atom is 0.0553 e. The molecular formula is C13H21N3. The topological polar surface area (TPSA) is 28.2 Å². The van der Waals surface area contributed by atoms with Crippen molar-refractivity contribution in [2.24, 2.45) is 5.41 Å². The maximum atomic E-state index is 4.19. The molecule has 0 spiro atoms. The Labute approximate surface area is 97.9 Å². The van der Waals surface area contributed by atoms with Gasteiger partial charge in [-0.25, -0.2) is 0 Å². The summed E-state index contributed by atoms with van der Waals surface area (Å²) in [5, 5.41) is 3.60. The molecule has 1 aliphatic heterocycles. The number of hydrogen-bond acceptors (Lipinski definition) is 3. The molecule has 0 amide bonds. The van der Waals surface area contributed by atoms with Gasteiger partial charge in [0.15, 0.2) is 0 Å². The van der Waals surface area contributed by atoms with Crippen molar-refractivity contribution in [3.05, 3.63) is 24.5 Å². The molecule has 1 aromatic heterocycles. The average Bonchev–Trinajstić information content (AvgIpc) is 2.29. The summed E-state index contributed by atoms with van der Waals surface area (Å²) >= 11 is 0. The Morgan fingerprint density at radius 2 is 2.25 bits per heavy atom. The summed E-state index contributed by atoms with van der Waals surface area (Å²) in [5.74, 6) is 0. The lowest BCUT2D eigenvalue weighted by Gasteiger charge is -2.41. The lowest BCUT2D eigenvalue weighted by Crippen LogP contribution is -2.56. The zero-order valence-electron chi connectivity index (χ0n) is 10.4. The fourth-order valence-corrected chi connectivity index (χ4v) is 2.11. The Hall–Kier alpha value is -1.09. The third-order valence-electron chi connectivity index (χ3n) is 3.23. The second-order valence-corrected chi connectivity index (χ2v) is 5.53. The number of nitrogens with one attached hydrogen (secondary N) is 1. The molecule has 88 valence electrons. The highest BCUT2D eigenvalue weighted by Gasteiger charge is 2.29. The number of piperazine rings is 1. The van der Waals surface area contributed by atoms with Gasteiger partial charge in [0.25, 0.3) is 0 Å². The average molecular weight is 219 g/mol. The normalized spacial score (nSPS) is 22.2. The van der Waals surface area contributed by atoms with Crippen LogP contribution >= 0.6 is 0 Å². The zero-order chi connectivity index (χ0) is 11.6. The summed E-state index contributed by atoms with van der Waals surface area (Å²) in [5.41, 5.74) is 1.54. The molecular weight excluding hydrogens is 198 g/mol. The van der Waals surface area contributed by atoms with Gasteiger partial charge < -0.3 is 10.2 Å². The molecule has 1 fully saturated rings. The van der Waals surface area contributed by atoms with E-state index in [1.54, 1.807) is 0 Å². The molecule has 1 aliphatic rings. The minimum absolute atomic E-state index is 0.306. The first-order valence-corrected chi connectivity index (χ1v) is 5.96. The number of nitrogens with zero attached hydrogens (tertiary/aromatic N) is 2. The molecule has 16 heavy (non-hydrogen) atoms. The number of pyridine rings is 1. The second-order valence-electron chi connectivity index (χ2n) is 5.53. The second kappa shape index (κ2) is 4.42. The Bertz CT molecular complexity index is 329. The first kappa shape index (κ1) is 11.4. The van der Waals surface area contributed by atoms with E-state index in [0.717, 1.165) is 19.6 Å². The van der Waals surface area contributed by atoms with E-state index in [-0.39, 0.29) is 0 Å². The van der Waals surface area contributed by atoms with Crippen LogP contribution in [0.5, 0.6) is 0 Å². The molecule has 1 unspecified atom stereocenters. The molecule has 0 radical (unpaired) electrons. The van der Waals surface area contributed by atoms with Crippen molar-refractivity contribution >= 4 is 5.69 Å². The molecule has 2 heterocycles. The fourth-order valence-electron chi connectivity index (χ4n) is 2.11. The highest BCUT2D eigenvalue weighted by Crippen LogP contribution is 2.24. The molecule has 0 aliphatic carbocycles. The largest absolute Gasteiger partial charge is 0.367 e. The van der Waals surface area contributed by atoms with Crippen molar-refractivity contribution in [2.75, 3.05) is 24.5 Å². The van der Waals surface area contributed by atoms with Gasteiger partial charge in [-0.05, 0) is 17.5 Å². The smallest absolute Gasteiger partial charge is 0.0553 e. The van der Waals surface area contributed by atoms with Gasteiger partial charge in [0.2, 0.25) is 0 Å². The highest BCUT2D eigenvalue weighted by atomic mass is 15.2. The minimum atomic E-state index is 0.306. The lowest BCUT2D eigenvalue weighted by molar-refractivity contribution is 0.254. The first-order valence-electron chi connectivity index (χ1n) is 5.96. The molecule has 1 saturated heterocycles. The summed E-state index contributed by atoms with van der Waals surface area (Å²) in [6, 6.07) is 4.68. The third kappa shape index (κ3) is 2.53. The maximum absolute atomic E-state index is 4.19. The summed E-state index contributed by atoms with van der Waals surface area (Å²) < 4.78 is 0. The third-order valence-corrected chi connectivity index (χ3v) is 3.23. The van der Waals surface area contributed by atoms with Crippen LogP contribution in [0.4, 0.5) is 5.69 Å². The van der Waals surface area contributed by atoms with Gasteiger partial charge in [-0.2, -0.15) is 0 Å². The highest BCUT2D eigenvalue weighted by molar-refractivity contribution is 5.44. The number of hydrogen-bond donors (Lipinski definition) is 1. The van der Waals surface area contributed by atoms with Crippen LogP contribution in [0.1, 0.15) is 20.8 Å². The van der Waals surface area contributed by atoms with E-state index in [9.17, 15) is 0 Å². The van der Waals surface area contributed by atoms with E-state index < -0.39 is 0 Å². The van der Waals surface area contributed by atoms with Crippen LogP contribution in [0.25, 0.3) is 0 Å². The van der Waals surface area contributed by atoms with Gasteiger partial charge in [0.1, 0.15) is 0 Å². The van der Waals surface area contributed by atoms with Crippen LogP contribution in [0.15, 0.2) is 24.5 Å². The first-order chi connectivity index (χ1) is 7.57. The predicted molar refractivity (Wildman–Crippen MR) is 67.7 cm³/mol. The van der Waals surface area contributed by atoms with Gasteiger partial charge in [-0.3, -0.25) is 4.98 Å². The molecule has 0 saturated carbocycles. The minimum Gasteiger partial charge on any atom is -0.367 e. The predicted octanol–water partition coefficient (Wildman–Crippen LogP) is 1.91. The van der Waals surface area contributed by atoms with E-state index in [1.807, 2.05) is 18.5 Å².